The van der Waals surface area contributed by atoms with Gasteiger partial charge >= 0.3 is 0 Å². The maximum atomic E-state index is 10.9. The molecule has 1 heteroatoms. The molecule has 0 aromatic rings. The Labute approximate surface area is 107 Å². The average Bonchev–Trinajstić information content (AvgIpc) is 2.26. The molecule has 0 bridgehead atoms. The fraction of sp³-hybridized carbons (Fsp3) is 1.00. The lowest BCUT2D eigenvalue weighted by molar-refractivity contribution is -0.0886. The predicted octanol–water partition coefficient (Wildman–Crippen LogP) is 4.53. The van der Waals surface area contributed by atoms with Crippen LogP contribution in [-0.4, -0.2) is 10.7 Å². The van der Waals surface area contributed by atoms with E-state index in [1.165, 1.54) is 44.9 Å². The van der Waals surface area contributed by atoms with E-state index in [0.717, 1.165) is 18.8 Å². The van der Waals surface area contributed by atoms with Crippen LogP contribution in [0.1, 0.15) is 78.6 Å². The molecule has 2 aliphatic rings. The Morgan fingerprint density at radius 3 is 2.29 bits per heavy atom. The van der Waals surface area contributed by atoms with Crippen molar-refractivity contribution in [1.29, 1.82) is 0 Å². The smallest absolute Gasteiger partial charge is 0.0676 e. The third kappa shape index (κ3) is 3.24. The standard InChI is InChI=1S/C16H30O/c1-13-11-15(2,3)9-10-16(13,17)12-14-7-5-4-6-8-14/h13-14,17H,4-12H2,1-3H3. The van der Waals surface area contributed by atoms with Crippen molar-refractivity contribution in [3.05, 3.63) is 0 Å². The molecule has 2 unspecified atom stereocenters. The highest BCUT2D eigenvalue weighted by molar-refractivity contribution is 4.95. The van der Waals surface area contributed by atoms with E-state index in [4.69, 9.17) is 0 Å². The second kappa shape index (κ2) is 4.91. The lowest BCUT2D eigenvalue weighted by atomic mass is 9.62. The molecule has 1 N–H and O–H groups in total. The molecule has 1 nitrogen and oxygen atoms in total. The Morgan fingerprint density at radius 1 is 1.06 bits per heavy atom. The van der Waals surface area contributed by atoms with Gasteiger partial charge in [0.2, 0.25) is 0 Å². The fourth-order valence-electron chi connectivity index (χ4n) is 4.12. The summed E-state index contributed by atoms with van der Waals surface area (Å²) in [5.74, 6) is 1.28. The zero-order chi connectivity index (χ0) is 12.5. The first-order valence-corrected chi connectivity index (χ1v) is 7.64. The zero-order valence-electron chi connectivity index (χ0n) is 12.0. The lowest BCUT2D eigenvalue weighted by Crippen LogP contribution is -2.45. The molecule has 0 spiro atoms. The maximum Gasteiger partial charge on any atom is 0.0676 e. The van der Waals surface area contributed by atoms with Crippen LogP contribution in [0.3, 0.4) is 0 Å². The second-order valence-corrected chi connectivity index (χ2v) is 7.58. The van der Waals surface area contributed by atoms with E-state index in [2.05, 4.69) is 20.8 Å². The highest BCUT2D eigenvalue weighted by atomic mass is 16.3. The summed E-state index contributed by atoms with van der Waals surface area (Å²) in [6.07, 6.45) is 11.4. The summed E-state index contributed by atoms with van der Waals surface area (Å²) >= 11 is 0. The highest BCUT2D eigenvalue weighted by Crippen LogP contribution is 2.47. The summed E-state index contributed by atoms with van der Waals surface area (Å²) in [6, 6.07) is 0. The Bertz CT molecular complexity index is 252. The van der Waals surface area contributed by atoms with Crippen LogP contribution < -0.4 is 0 Å². The number of aliphatic hydroxyl groups is 1. The van der Waals surface area contributed by atoms with Crippen LogP contribution in [0.15, 0.2) is 0 Å². The molecule has 0 aromatic carbocycles. The third-order valence-corrected chi connectivity index (χ3v) is 5.38. The molecular formula is C16H30O. The second-order valence-electron chi connectivity index (χ2n) is 7.58. The summed E-state index contributed by atoms with van der Waals surface area (Å²) in [6.45, 7) is 6.97. The van der Waals surface area contributed by atoms with E-state index in [1.54, 1.807) is 0 Å². The molecule has 2 fully saturated rings. The average molecular weight is 238 g/mol. The van der Waals surface area contributed by atoms with Crippen molar-refractivity contribution in [2.24, 2.45) is 17.3 Å². The van der Waals surface area contributed by atoms with Crippen molar-refractivity contribution in [3.8, 4) is 0 Å². The molecule has 100 valence electrons. The Morgan fingerprint density at radius 2 is 1.71 bits per heavy atom. The van der Waals surface area contributed by atoms with Gasteiger partial charge in [0, 0.05) is 0 Å². The first-order valence-electron chi connectivity index (χ1n) is 7.64. The third-order valence-electron chi connectivity index (χ3n) is 5.38. The Hall–Kier alpha value is -0.0400. The Kier molecular flexibility index (Phi) is 3.87. The quantitative estimate of drug-likeness (QED) is 0.749. The molecule has 0 saturated heterocycles. The minimum atomic E-state index is -0.350. The van der Waals surface area contributed by atoms with Gasteiger partial charge in [0.25, 0.3) is 0 Å². The molecule has 2 atom stereocenters. The van der Waals surface area contributed by atoms with Crippen LogP contribution in [0.25, 0.3) is 0 Å². The van der Waals surface area contributed by atoms with Crippen molar-refractivity contribution in [2.45, 2.75) is 84.2 Å². The minimum Gasteiger partial charge on any atom is -0.390 e. The highest BCUT2D eigenvalue weighted by Gasteiger charge is 2.43. The SMILES string of the molecule is CC1CC(C)(C)CCC1(O)CC1CCCCC1. The summed E-state index contributed by atoms with van der Waals surface area (Å²) in [7, 11) is 0. The molecule has 2 rings (SSSR count). The number of hydrogen-bond acceptors (Lipinski definition) is 1. The first-order chi connectivity index (χ1) is 7.91. The molecule has 2 saturated carbocycles. The van der Waals surface area contributed by atoms with Crippen molar-refractivity contribution in [2.75, 3.05) is 0 Å². The predicted molar refractivity (Wildman–Crippen MR) is 72.9 cm³/mol. The van der Waals surface area contributed by atoms with E-state index >= 15 is 0 Å². The molecule has 0 heterocycles. The topological polar surface area (TPSA) is 20.2 Å². The van der Waals surface area contributed by atoms with Gasteiger partial charge in [-0.3, -0.25) is 0 Å². The van der Waals surface area contributed by atoms with E-state index in [9.17, 15) is 5.11 Å². The van der Waals surface area contributed by atoms with Crippen LogP contribution in [0.2, 0.25) is 0 Å². The van der Waals surface area contributed by atoms with Crippen LogP contribution in [-0.2, 0) is 0 Å². The van der Waals surface area contributed by atoms with Gasteiger partial charge in [-0.25, -0.2) is 0 Å². The van der Waals surface area contributed by atoms with Crippen LogP contribution in [0, 0.1) is 17.3 Å². The van der Waals surface area contributed by atoms with Gasteiger partial charge in [0.1, 0.15) is 0 Å². The van der Waals surface area contributed by atoms with Gasteiger partial charge in [-0.2, -0.15) is 0 Å². The molecule has 0 radical (unpaired) electrons. The van der Waals surface area contributed by atoms with Crippen LogP contribution >= 0.6 is 0 Å². The zero-order valence-corrected chi connectivity index (χ0v) is 12.0. The van der Waals surface area contributed by atoms with Gasteiger partial charge in [-0.1, -0.05) is 52.9 Å². The van der Waals surface area contributed by atoms with Crippen molar-refractivity contribution in [3.63, 3.8) is 0 Å². The largest absolute Gasteiger partial charge is 0.390 e. The molecule has 2 aliphatic carbocycles. The molecule has 0 aliphatic heterocycles. The van der Waals surface area contributed by atoms with Crippen molar-refractivity contribution < 1.29 is 5.11 Å². The monoisotopic (exact) mass is 238 g/mol. The lowest BCUT2D eigenvalue weighted by Gasteiger charge is -2.47. The number of rotatable bonds is 2. The normalized spacial score (nSPS) is 39.2. The van der Waals surface area contributed by atoms with E-state index < -0.39 is 0 Å². The number of hydrogen-bond donors (Lipinski definition) is 1. The van der Waals surface area contributed by atoms with Gasteiger partial charge < -0.3 is 5.11 Å². The van der Waals surface area contributed by atoms with E-state index in [0.29, 0.717) is 11.3 Å². The van der Waals surface area contributed by atoms with Crippen LogP contribution in [0.4, 0.5) is 0 Å². The molecule has 0 aromatic heterocycles. The summed E-state index contributed by atoms with van der Waals surface area (Å²) in [5.41, 5.74) is 0.0930. The minimum absolute atomic E-state index is 0.350. The summed E-state index contributed by atoms with van der Waals surface area (Å²) in [4.78, 5) is 0. The van der Waals surface area contributed by atoms with Gasteiger partial charge in [0.15, 0.2) is 0 Å². The van der Waals surface area contributed by atoms with E-state index in [-0.39, 0.29) is 5.60 Å². The van der Waals surface area contributed by atoms with Crippen molar-refractivity contribution >= 4 is 0 Å². The van der Waals surface area contributed by atoms with Gasteiger partial charge in [-0.15, -0.1) is 0 Å². The first kappa shape index (κ1) is 13.4. The van der Waals surface area contributed by atoms with Crippen molar-refractivity contribution in [1.82, 2.24) is 0 Å². The molecular weight excluding hydrogens is 208 g/mol. The molecule has 17 heavy (non-hydrogen) atoms. The Balaban J connectivity index is 1.94. The summed E-state index contributed by atoms with van der Waals surface area (Å²) < 4.78 is 0. The fourth-order valence-corrected chi connectivity index (χ4v) is 4.12. The van der Waals surface area contributed by atoms with E-state index in [1.807, 2.05) is 0 Å². The molecule has 0 amide bonds. The maximum absolute atomic E-state index is 10.9. The van der Waals surface area contributed by atoms with Crippen LogP contribution in [0.5, 0.6) is 0 Å². The van der Waals surface area contributed by atoms with Gasteiger partial charge in [0.05, 0.1) is 5.60 Å². The van der Waals surface area contributed by atoms with Gasteiger partial charge in [-0.05, 0) is 42.9 Å². The summed E-state index contributed by atoms with van der Waals surface area (Å²) in [5, 5.41) is 10.9.